The molecule has 0 aliphatic carbocycles. The summed E-state index contributed by atoms with van der Waals surface area (Å²) in [6, 6.07) is 12.0. The molecule has 1 aliphatic heterocycles. The van der Waals surface area contributed by atoms with Crippen molar-refractivity contribution in [3.05, 3.63) is 58.7 Å². The first kappa shape index (κ1) is 14.0. The Morgan fingerprint density at radius 2 is 1.71 bits per heavy atom. The highest BCUT2D eigenvalue weighted by atomic mass is 16.3. The van der Waals surface area contributed by atoms with E-state index in [1.807, 2.05) is 0 Å². The molecule has 0 unspecified atom stereocenters. The zero-order chi connectivity index (χ0) is 15.0. The minimum Gasteiger partial charge on any atom is -0.504 e. The summed E-state index contributed by atoms with van der Waals surface area (Å²) in [5, 5.41) is 22.9. The van der Waals surface area contributed by atoms with Crippen LogP contribution in [0, 0.1) is 0 Å². The zero-order valence-corrected chi connectivity index (χ0v) is 12.4. The molecule has 0 amide bonds. The highest BCUT2D eigenvalue weighted by Crippen LogP contribution is 2.36. The van der Waals surface area contributed by atoms with Gasteiger partial charge in [-0.3, -0.25) is 0 Å². The largest absolute Gasteiger partial charge is 0.504 e. The Labute approximate surface area is 125 Å². The van der Waals surface area contributed by atoms with Gasteiger partial charge in [0.05, 0.1) is 6.04 Å². The number of aromatic hydroxyl groups is 2. The first-order valence-electron chi connectivity index (χ1n) is 7.44. The van der Waals surface area contributed by atoms with Gasteiger partial charge in [0.2, 0.25) is 0 Å². The SMILES string of the molecule is CC(C)c1ccc([C@@H]2NCCc3cc(O)c(O)cc32)cc1. The van der Waals surface area contributed by atoms with E-state index in [-0.39, 0.29) is 17.5 Å². The second kappa shape index (κ2) is 5.41. The van der Waals surface area contributed by atoms with Crippen LogP contribution in [0.15, 0.2) is 36.4 Å². The lowest BCUT2D eigenvalue weighted by Gasteiger charge is -2.28. The predicted octanol–water partition coefficient (Wildman–Crippen LogP) is 3.46. The number of rotatable bonds is 2. The highest BCUT2D eigenvalue weighted by molar-refractivity contribution is 5.50. The van der Waals surface area contributed by atoms with Gasteiger partial charge < -0.3 is 15.5 Å². The molecule has 1 atom stereocenters. The number of benzene rings is 2. The normalized spacial score (nSPS) is 17.8. The highest BCUT2D eigenvalue weighted by Gasteiger charge is 2.23. The van der Waals surface area contributed by atoms with Crippen LogP contribution in [0.1, 0.15) is 48.1 Å². The van der Waals surface area contributed by atoms with Crippen LogP contribution in [0.2, 0.25) is 0 Å². The predicted molar refractivity (Wildman–Crippen MR) is 83.9 cm³/mol. The number of nitrogens with one attached hydrogen (secondary N) is 1. The molecule has 3 nitrogen and oxygen atoms in total. The molecule has 2 aromatic rings. The first-order valence-corrected chi connectivity index (χ1v) is 7.44. The van der Waals surface area contributed by atoms with E-state index >= 15 is 0 Å². The molecule has 3 heteroatoms. The molecule has 0 fully saturated rings. The van der Waals surface area contributed by atoms with Gasteiger partial charge in [-0.05, 0) is 46.7 Å². The lowest BCUT2D eigenvalue weighted by atomic mass is 9.88. The Morgan fingerprint density at radius 3 is 2.38 bits per heavy atom. The first-order chi connectivity index (χ1) is 10.1. The molecule has 0 radical (unpaired) electrons. The smallest absolute Gasteiger partial charge is 0.157 e. The standard InChI is InChI=1S/C18H21NO2/c1-11(2)12-3-5-13(6-4-12)18-15-10-17(21)16(20)9-14(15)7-8-19-18/h3-6,9-11,18-21H,7-8H2,1-2H3/t18-/m0/s1. The second-order valence-electron chi connectivity index (χ2n) is 6.00. The van der Waals surface area contributed by atoms with Crippen molar-refractivity contribution in [2.45, 2.75) is 32.2 Å². The van der Waals surface area contributed by atoms with E-state index in [0.717, 1.165) is 24.1 Å². The average Bonchev–Trinajstić information content (AvgIpc) is 2.48. The summed E-state index contributed by atoms with van der Waals surface area (Å²) < 4.78 is 0. The van der Waals surface area contributed by atoms with Crippen molar-refractivity contribution < 1.29 is 10.2 Å². The van der Waals surface area contributed by atoms with Crippen molar-refractivity contribution in [3.63, 3.8) is 0 Å². The van der Waals surface area contributed by atoms with Crippen LogP contribution >= 0.6 is 0 Å². The Hall–Kier alpha value is -2.00. The van der Waals surface area contributed by atoms with Crippen molar-refractivity contribution >= 4 is 0 Å². The van der Waals surface area contributed by atoms with E-state index in [2.05, 4.69) is 43.4 Å². The molecular formula is C18H21NO2. The van der Waals surface area contributed by atoms with Crippen LogP contribution in [0.25, 0.3) is 0 Å². The van der Waals surface area contributed by atoms with E-state index in [1.54, 1.807) is 12.1 Å². The molecule has 1 aliphatic rings. The molecule has 0 bridgehead atoms. The molecule has 0 aromatic heterocycles. The Balaban J connectivity index is 1.99. The average molecular weight is 283 g/mol. The number of fused-ring (bicyclic) bond motifs is 1. The monoisotopic (exact) mass is 283 g/mol. The van der Waals surface area contributed by atoms with Gasteiger partial charge in [0.25, 0.3) is 0 Å². The zero-order valence-electron chi connectivity index (χ0n) is 12.4. The van der Waals surface area contributed by atoms with Crippen LogP contribution in [-0.2, 0) is 6.42 Å². The summed E-state index contributed by atoms with van der Waals surface area (Å²) in [6.45, 7) is 5.24. The molecule has 2 aromatic carbocycles. The summed E-state index contributed by atoms with van der Waals surface area (Å²) in [5.74, 6) is 0.428. The van der Waals surface area contributed by atoms with Crippen LogP contribution in [0.5, 0.6) is 11.5 Å². The fraction of sp³-hybridized carbons (Fsp3) is 0.333. The van der Waals surface area contributed by atoms with E-state index in [9.17, 15) is 10.2 Å². The Bertz CT molecular complexity index is 647. The molecule has 0 spiro atoms. The lowest BCUT2D eigenvalue weighted by Crippen LogP contribution is -2.30. The fourth-order valence-electron chi connectivity index (χ4n) is 2.95. The fourth-order valence-corrected chi connectivity index (χ4v) is 2.95. The summed E-state index contributed by atoms with van der Waals surface area (Å²) in [7, 11) is 0. The van der Waals surface area contributed by atoms with E-state index < -0.39 is 0 Å². The van der Waals surface area contributed by atoms with Crippen LogP contribution in [0.4, 0.5) is 0 Å². The summed E-state index contributed by atoms with van der Waals surface area (Å²) >= 11 is 0. The summed E-state index contributed by atoms with van der Waals surface area (Å²) in [4.78, 5) is 0. The Morgan fingerprint density at radius 1 is 1.05 bits per heavy atom. The second-order valence-corrected chi connectivity index (χ2v) is 6.00. The molecule has 1 heterocycles. The maximum atomic E-state index is 9.78. The van der Waals surface area contributed by atoms with Gasteiger partial charge in [-0.15, -0.1) is 0 Å². The molecule has 21 heavy (non-hydrogen) atoms. The van der Waals surface area contributed by atoms with E-state index in [4.69, 9.17) is 0 Å². The number of phenolic OH excluding ortho intramolecular Hbond substituents is 2. The van der Waals surface area contributed by atoms with Crippen molar-refractivity contribution in [1.82, 2.24) is 5.32 Å². The number of phenols is 2. The minimum absolute atomic E-state index is 0.0374. The van der Waals surface area contributed by atoms with Gasteiger partial charge in [0.15, 0.2) is 11.5 Å². The topological polar surface area (TPSA) is 52.5 Å². The van der Waals surface area contributed by atoms with Gasteiger partial charge in [-0.1, -0.05) is 38.1 Å². The number of hydrogen-bond acceptors (Lipinski definition) is 3. The molecular weight excluding hydrogens is 262 g/mol. The van der Waals surface area contributed by atoms with Crippen molar-refractivity contribution in [1.29, 1.82) is 0 Å². The van der Waals surface area contributed by atoms with Gasteiger partial charge in [0, 0.05) is 6.54 Å². The third-order valence-corrected chi connectivity index (χ3v) is 4.23. The maximum Gasteiger partial charge on any atom is 0.157 e. The third-order valence-electron chi connectivity index (χ3n) is 4.23. The van der Waals surface area contributed by atoms with Crippen LogP contribution in [-0.4, -0.2) is 16.8 Å². The quantitative estimate of drug-likeness (QED) is 0.740. The summed E-state index contributed by atoms with van der Waals surface area (Å²) in [5.41, 5.74) is 4.66. The molecule has 3 N–H and O–H groups in total. The Kier molecular flexibility index (Phi) is 3.60. The maximum absolute atomic E-state index is 9.78. The van der Waals surface area contributed by atoms with E-state index in [0.29, 0.717) is 5.92 Å². The minimum atomic E-state index is -0.0544. The molecule has 110 valence electrons. The summed E-state index contributed by atoms with van der Waals surface area (Å²) in [6.07, 6.45) is 0.865. The van der Waals surface area contributed by atoms with Gasteiger partial charge in [-0.2, -0.15) is 0 Å². The van der Waals surface area contributed by atoms with Crippen molar-refractivity contribution in [2.24, 2.45) is 0 Å². The third kappa shape index (κ3) is 2.61. The van der Waals surface area contributed by atoms with Gasteiger partial charge >= 0.3 is 0 Å². The number of hydrogen-bond donors (Lipinski definition) is 3. The van der Waals surface area contributed by atoms with Gasteiger partial charge in [-0.25, -0.2) is 0 Å². The lowest BCUT2D eigenvalue weighted by molar-refractivity contribution is 0.400. The molecule has 0 saturated carbocycles. The molecule has 0 saturated heterocycles. The molecule has 3 rings (SSSR count). The van der Waals surface area contributed by atoms with Crippen molar-refractivity contribution in [2.75, 3.05) is 6.54 Å². The van der Waals surface area contributed by atoms with Crippen LogP contribution in [0.3, 0.4) is 0 Å². The van der Waals surface area contributed by atoms with E-state index in [1.165, 1.54) is 11.1 Å². The van der Waals surface area contributed by atoms with Crippen molar-refractivity contribution in [3.8, 4) is 11.5 Å². The van der Waals surface area contributed by atoms with Crippen LogP contribution < -0.4 is 5.32 Å². The van der Waals surface area contributed by atoms with Gasteiger partial charge in [0.1, 0.15) is 0 Å².